The maximum Gasteiger partial charge on any atom is 0.344 e. The van der Waals surface area contributed by atoms with Gasteiger partial charge >= 0.3 is 11.9 Å². The van der Waals surface area contributed by atoms with Gasteiger partial charge in [-0.25, -0.2) is 9.59 Å². The summed E-state index contributed by atoms with van der Waals surface area (Å²) in [6.07, 6.45) is 0. The normalized spacial score (nSPS) is 11.0. The molecule has 0 spiro atoms. The Labute approximate surface area is 186 Å². The van der Waals surface area contributed by atoms with Gasteiger partial charge in [0.15, 0.2) is 12.4 Å². The van der Waals surface area contributed by atoms with Crippen LogP contribution in [-0.4, -0.2) is 41.2 Å². The van der Waals surface area contributed by atoms with Crippen molar-refractivity contribution in [1.82, 2.24) is 9.72 Å². The second-order valence-electron chi connectivity index (χ2n) is 7.82. The Morgan fingerprint density at radius 1 is 1.06 bits per heavy atom. The van der Waals surface area contributed by atoms with Crippen molar-refractivity contribution in [3.05, 3.63) is 69.9 Å². The highest BCUT2D eigenvalue weighted by Gasteiger charge is 2.25. The van der Waals surface area contributed by atoms with Crippen molar-refractivity contribution in [2.24, 2.45) is 0 Å². The smallest absolute Gasteiger partial charge is 0.344 e. The monoisotopic (exact) mass is 438 g/mol. The van der Waals surface area contributed by atoms with Gasteiger partial charge in [0.1, 0.15) is 5.56 Å². The fraction of sp³-hybridized carbons (Fsp3) is 0.333. The van der Waals surface area contributed by atoms with Crippen molar-refractivity contribution < 1.29 is 28.4 Å². The zero-order chi connectivity index (χ0) is 23.6. The van der Waals surface area contributed by atoms with Crippen molar-refractivity contribution in [2.75, 3.05) is 13.7 Å². The van der Waals surface area contributed by atoms with Crippen LogP contribution in [0.3, 0.4) is 0 Å². The molecule has 0 aliphatic rings. The number of ketones is 1. The number of hydrogen-bond acceptors (Lipinski definition) is 7. The number of carbonyl (C=O) groups is 3. The van der Waals surface area contributed by atoms with Gasteiger partial charge < -0.3 is 18.6 Å². The summed E-state index contributed by atoms with van der Waals surface area (Å²) in [6.45, 7) is 8.72. The predicted octanol–water partition coefficient (Wildman–Crippen LogP) is 4.34. The van der Waals surface area contributed by atoms with Crippen LogP contribution in [-0.2, 0) is 9.47 Å². The van der Waals surface area contributed by atoms with Crippen LogP contribution in [0.1, 0.15) is 73.7 Å². The molecule has 0 radical (unpaired) electrons. The van der Waals surface area contributed by atoms with Crippen molar-refractivity contribution in [3.8, 4) is 5.69 Å². The molecule has 3 aromatic rings. The first-order chi connectivity index (χ1) is 15.1. The molecule has 0 unspecified atom stereocenters. The summed E-state index contributed by atoms with van der Waals surface area (Å²) in [4.78, 5) is 37.0. The van der Waals surface area contributed by atoms with Gasteiger partial charge in [-0.2, -0.15) is 0 Å². The number of benzene rings is 1. The SMILES string of the molecule is COC(=O)c1ccc(-n2c(C)cc(C(=O)COC(=O)c3c(C)noc3C(C)C)c2C)cc1. The molecule has 2 heterocycles. The van der Waals surface area contributed by atoms with E-state index in [0.717, 1.165) is 11.4 Å². The molecule has 0 aliphatic heterocycles. The molecule has 2 aromatic heterocycles. The Kier molecular flexibility index (Phi) is 6.62. The number of nitrogens with zero attached hydrogens (tertiary/aromatic N) is 2. The molecule has 0 saturated heterocycles. The van der Waals surface area contributed by atoms with Gasteiger partial charge in [-0.1, -0.05) is 19.0 Å². The molecule has 168 valence electrons. The lowest BCUT2D eigenvalue weighted by Gasteiger charge is -2.11. The van der Waals surface area contributed by atoms with E-state index in [9.17, 15) is 14.4 Å². The quantitative estimate of drug-likeness (QED) is 0.399. The Hall–Kier alpha value is -3.68. The van der Waals surface area contributed by atoms with Crippen LogP contribution in [0.25, 0.3) is 5.69 Å². The van der Waals surface area contributed by atoms with E-state index in [2.05, 4.69) is 5.16 Å². The molecule has 1 aromatic carbocycles. The lowest BCUT2D eigenvalue weighted by Crippen LogP contribution is -2.16. The molecule has 0 fully saturated rings. The van der Waals surface area contributed by atoms with Crippen LogP contribution in [0, 0.1) is 20.8 Å². The summed E-state index contributed by atoms with van der Waals surface area (Å²) >= 11 is 0. The minimum Gasteiger partial charge on any atom is -0.465 e. The zero-order valence-corrected chi connectivity index (χ0v) is 19.0. The summed E-state index contributed by atoms with van der Waals surface area (Å²) in [6, 6.07) is 8.64. The van der Waals surface area contributed by atoms with Gasteiger partial charge in [0.25, 0.3) is 0 Å². The fourth-order valence-corrected chi connectivity index (χ4v) is 3.62. The second-order valence-corrected chi connectivity index (χ2v) is 7.82. The van der Waals surface area contributed by atoms with E-state index in [1.165, 1.54) is 7.11 Å². The van der Waals surface area contributed by atoms with Crippen LogP contribution in [0.15, 0.2) is 34.9 Å². The molecular weight excluding hydrogens is 412 g/mol. The first-order valence-corrected chi connectivity index (χ1v) is 10.2. The number of Topliss-reactive ketones (excluding diaryl/α,β-unsaturated/α-hetero) is 1. The van der Waals surface area contributed by atoms with Crippen molar-refractivity contribution in [1.29, 1.82) is 0 Å². The lowest BCUT2D eigenvalue weighted by atomic mass is 10.1. The Balaban J connectivity index is 1.78. The van der Waals surface area contributed by atoms with Gasteiger partial charge in [-0.05, 0) is 51.1 Å². The molecule has 3 rings (SSSR count). The highest BCUT2D eigenvalue weighted by Crippen LogP contribution is 2.24. The van der Waals surface area contributed by atoms with E-state index < -0.39 is 18.5 Å². The molecule has 8 nitrogen and oxygen atoms in total. The Bertz CT molecular complexity index is 1170. The summed E-state index contributed by atoms with van der Waals surface area (Å²) in [5, 5.41) is 3.84. The maximum atomic E-state index is 12.8. The van der Waals surface area contributed by atoms with Crippen LogP contribution in [0.2, 0.25) is 0 Å². The third-order valence-electron chi connectivity index (χ3n) is 5.23. The molecule has 0 amide bonds. The minimum absolute atomic E-state index is 0.0426. The van der Waals surface area contributed by atoms with Gasteiger partial charge in [0.05, 0.1) is 18.4 Å². The van der Waals surface area contributed by atoms with E-state index in [1.54, 1.807) is 37.3 Å². The number of aromatic nitrogens is 2. The molecule has 8 heteroatoms. The number of esters is 2. The highest BCUT2D eigenvalue weighted by molar-refractivity contribution is 6.01. The van der Waals surface area contributed by atoms with Crippen molar-refractivity contribution in [2.45, 2.75) is 40.5 Å². The summed E-state index contributed by atoms with van der Waals surface area (Å²) in [5.41, 5.74) is 3.93. The fourth-order valence-electron chi connectivity index (χ4n) is 3.62. The average Bonchev–Trinajstić information content (AvgIpc) is 3.30. The predicted molar refractivity (Wildman–Crippen MR) is 117 cm³/mol. The first-order valence-electron chi connectivity index (χ1n) is 10.2. The van der Waals surface area contributed by atoms with Crippen molar-refractivity contribution >= 4 is 17.7 Å². The highest BCUT2D eigenvalue weighted by atomic mass is 16.5. The van der Waals surface area contributed by atoms with Gasteiger partial charge in [0, 0.05) is 28.6 Å². The van der Waals surface area contributed by atoms with E-state index in [0.29, 0.717) is 28.3 Å². The molecule has 0 aliphatic carbocycles. The van der Waals surface area contributed by atoms with Gasteiger partial charge in [-0.15, -0.1) is 0 Å². The molecular formula is C24H26N2O6. The number of methoxy groups -OCH3 is 1. The number of hydrogen-bond donors (Lipinski definition) is 0. The number of carbonyl (C=O) groups excluding carboxylic acids is 3. The van der Waals surface area contributed by atoms with E-state index in [4.69, 9.17) is 14.0 Å². The Morgan fingerprint density at radius 3 is 2.31 bits per heavy atom. The molecule has 0 bridgehead atoms. The standard InChI is InChI=1S/C24H26N2O6/c1-13(2)22-21(15(4)25-32-22)24(29)31-12-20(27)19-11-14(3)26(16(19)5)18-9-7-17(8-10-18)23(28)30-6/h7-11,13H,12H2,1-6H3. The largest absolute Gasteiger partial charge is 0.465 e. The topological polar surface area (TPSA) is 101 Å². The molecule has 0 atom stereocenters. The number of ether oxygens (including phenoxy) is 2. The summed E-state index contributed by atoms with van der Waals surface area (Å²) in [5.74, 6) is -0.969. The lowest BCUT2D eigenvalue weighted by molar-refractivity contribution is 0.0471. The third-order valence-corrected chi connectivity index (χ3v) is 5.23. The van der Waals surface area contributed by atoms with Crippen LogP contribution in [0.5, 0.6) is 0 Å². The average molecular weight is 438 g/mol. The molecule has 0 saturated carbocycles. The van der Waals surface area contributed by atoms with E-state index in [1.807, 2.05) is 32.3 Å². The van der Waals surface area contributed by atoms with Crippen LogP contribution < -0.4 is 0 Å². The number of rotatable bonds is 7. The van der Waals surface area contributed by atoms with Crippen LogP contribution in [0.4, 0.5) is 0 Å². The third kappa shape index (κ3) is 4.34. The Morgan fingerprint density at radius 2 is 1.72 bits per heavy atom. The molecule has 32 heavy (non-hydrogen) atoms. The van der Waals surface area contributed by atoms with E-state index >= 15 is 0 Å². The van der Waals surface area contributed by atoms with E-state index in [-0.39, 0.29) is 17.3 Å². The molecule has 0 N–H and O–H groups in total. The van der Waals surface area contributed by atoms with Crippen molar-refractivity contribution in [3.63, 3.8) is 0 Å². The second kappa shape index (κ2) is 9.21. The van der Waals surface area contributed by atoms with Gasteiger partial charge in [-0.3, -0.25) is 4.79 Å². The van der Waals surface area contributed by atoms with Crippen LogP contribution >= 0.6 is 0 Å². The maximum absolute atomic E-state index is 12.8. The number of aryl methyl sites for hydroxylation is 2. The van der Waals surface area contributed by atoms with Gasteiger partial charge in [0.2, 0.25) is 5.78 Å². The summed E-state index contributed by atoms with van der Waals surface area (Å²) in [7, 11) is 1.33. The summed E-state index contributed by atoms with van der Waals surface area (Å²) < 4.78 is 17.1. The first kappa shape index (κ1) is 23.0. The zero-order valence-electron chi connectivity index (χ0n) is 19.0. The minimum atomic E-state index is -0.631.